The topological polar surface area (TPSA) is 58.5 Å². The highest BCUT2D eigenvalue weighted by Crippen LogP contribution is 2.27. The van der Waals surface area contributed by atoms with Crippen LogP contribution in [-0.4, -0.2) is 24.1 Å². The van der Waals surface area contributed by atoms with Gasteiger partial charge in [0, 0.05) is 31.9 Å². The molecule has 0 atom stereocenters. The molecule has 0 bridgehead atoms. The Morgan fingerprint density at radius 1 is 1.18 bits per heavy atom. The minimum absolute atomic E-state index is 0. The molecule has 1 aromatic heterocycles. The number of hydrogen-bond acceptors (Lipinski definition) is 3. The molecule has 0 spiro atoms. The maximum Gasteiger partial charge on any atom is 0.191 e. The van der Waals surface area contributed by atoms with Crippen molar-refractivity contribution in [3.05, 3.63) is 58.4 Å². The molecule has 1 heterocycles. The zero-order chi connectivity index (χ0) is 19.1. The van der Waals surface area contributed by atoms with Crippen LogP contribution in [0.15, 0.2) is 41.5 Å². The molecule has 5 nitrogen and oxygen atoms in total. The lowest BCUT2D eigenvalue weighted by molar-refractivity contribution is 0.207. The Bertz CT molecular complexity index is 776. The summed E-state index contributed by atoms with van der Waals surface area (Å²) in [6, 6.07) is 10.1. The molecule has 0 radical (unpaired) electrons. The van der Waals surface area contributed by atoms with E-state index in [0.717, 1.165) is 35.7 Å². The molecule has 7 heteroatoms. The lowest BCUT2D eigenvalue weighted by Crippen LogP contribution is -2.36. The Kier molecular flexibility index (Phi) is 9.31. The second-order valence-electron chi connectivity index (χ2n) is 6.90. The van der Waals surface area contributed by atoms with Crippen LogP contribution < -0.4 is 15.4 Å². The minimum atomic E-state index is 0. The van der Waals surface area contributed by atoms with Gasteiger partial charge < -0.3 is 15.4 Å². The molecule has 0 amide bonds. The normalized spacial score (nSPS) is 14.5. The molecule has 1 aromatic carbocycles. The van der Waals surface area contributed by atoms with Crippen LogP contribution in [0.1, 0.15) is 42.4 Å². The number of aliphatic imine (C=N–C) groups is 1. The number of nitrogens with one attached hydrogen (secondary N) is 2. The summed E-state index contributed by atoms with van der Waals surface area (Å²) in [5.74, 6) is 1.71. The molecule has 3 rings (SSSR count). The zero-order valence-corrected chi connectivity index (χ0v) is 19.5. The van der Waals surface area contributed by atoms with Gasteiger partial charge in [0.25, 0.3) is 0 Å². The average molecular weight is 515 g/mol. The number of nitrogens with zero attached hydrogens (tertiary/aromatic N) is 2. The predicted octanol–water partition coefficient (Wildman–Crippen LogP) is 4.85. The van der Waals surface area contributed by atoms with Crippen LogP contribution in [0.25, 0.3) is 0 Å². The Labute approximate surface area is 189 Å². The van der Waals surface area contributed by atoms with E-state index in [0.29, 0.717) is 24.3 Å². The second kappa shape index (κ2) is 11.5. The van der Waals surface area contributed by atoms with Crippen molar-refractivity contribution in [3.63, 3.8) is 0 Å². The Balaban J connectivity index is 0.00000280. The molecule has 0 aliphatic heterocycles. The first-order chi connectivity index (χ1) is 13.1. The first kappa shape index (κ1) is 22.7. The summed E-state index contributed by atoms with van der Waals surface area (Å²) in [7, 11) is 1.76. The third-order valence-corrected chi connectivity index (χ3v) is 4.96. The van der Waals surface area contributed by atoms with Crippen molar-refractivity contribution in [2.24, 2.45) is 4.99 Å². The van der Waals surface area contributed by atoms with Crippen molar-refractivity contribution in [2.45, 2.75) is 51.8 Å². The van der Waals surface area contributed by atoms with E-state index in [1.807, 2.05) is 6.07 Å². The highest BCUT2D eigenvalue weighted by atomic mass is 127. The van der Waals surface area contributed by atoms with E-state index in [2.05, 4.69) is 45.7 Å². The number of hydrogen-bond donors (Lipinski definition) is 2. The van der Waals surface area contributed by atoms with Crippen molar-refractivity contribution in [3.8, 4) is 5.75 Å². The SMILES string of the molecule is CN=C(NCc1ccc(Cl)nc1)NCc1ccc(C)cc1OC1CCCC1.I. The molecular weight excluding hydrogens is 487 g/mol. The van der Waals surface area contributed by atoms with Gasteiger partial charge in [-0.15, -0.1) is 24.0 Å². The third-order valence-electron chi connectivity index (χ3n) is 4.74. The van der Waals surface area contributed by atoms with Crippen LogP contribution in [0.5, 0.6) is 5.75 Å². The van der Waals surface area contributed by atoms with Gasteiger partial charge in [0.2, 0.25) is 0 Å². The number of benzene rings is 1. The van der Waals surface area contributed by atoms with Crippen LogP contribution in [0.2, 0.25) is 5.15 Å². The zero-order valence-electron chi connectivity index (χ0n) is 16.4. The molecular formula is C21H28ClIN4O. The summed E-state index contributed by atoms with van der Waals surface area (Å²) in [6.07, 6.45) is 6.94. The van der Waals surface area contributed by atoms with E-state index in [4.69, 9.17) is 16.3 Å². The van der Waals surface area contributed by atoms with Crippen LogP contribution in [0.3, 0.4) is 0 Å². The number of rotatable bonds is 6. The highest BCUT2D eigenvalue weighted by molar-refractivity contribution is 14.0. The lowest BCUT2D eigenvalue weighted by Gasteiger charge is -2.18. The fourth-order valence-corrected chi connectivity index (χ4v) is 3.31. The Morgan fingerprint density at radius 3 is 2.61 bits per heavy atom. The van der Waals surface area contributed by atoms with Gasteiger partial charge in [0.15, 0.2) is 5.96 Å². The summed E-state index contributed by atoms with van der Waals surface area (Å²) < 4.78 is 6.27. The molecule has 0 unspecified atom stereocenters. The van der Waals surface area contributed by atoms with Crippen molar-refractivity contribution in [1.29, 1.82) is 0 Å². The van der Waals surface area contributed by atoms with Gasteiger partial charge in [-0.2, -0.15) is 0 Å². The van der Waals surface area contributed by atoms with Crippen molar-refractivity contribution >= 4 is 41.5 Å². The number of halogens is 2. The summed E-state index contributed by atoms with van der Waals surface area (Å²) in [4.78, 5) is 8.39. The van der Waals surface area contributed by atoms with Crippen molar-refractivity contribution < 1.29 is 4.74 Å². The van der Waals surface area contributed by atoms with E-state index >= 15 is 0 Å². The molecule has 28 heavy (non-hydrogen) atoms. The predicted molar refractivity (Wildman–Crippen MR) is 126 cm³/mol. The quantitative estimate of drug-likeness (QED) is 0.250. The molecule has 2 aromatic rings. The van der Waals surface area contributed by atoms with Gasteiger partial charge in [0.1, 0.15) is 10.9 Å². The van der Waals surface area contributed by atoms with Crippen molar-refractivity contribution in [1.82, 2.24) is 15.6 Å². The fourth-order valence-electron chi connectivity index (χ4n) is 3.20. The van der Waals surface area contributed by atoms with Gasteiger partial charge in [0.05, 0.1) is 6.10 Å². The van der Waals surface area contributed by atoms with E-state index in [9.17, 15) is 0 Å². The number of pyridine rings is 1. The molecule has 1 fully saturated rings. The Morgan fingerprint density at radius 2 is 1.93 bits per heavy atom. The number of ether oxygens (including phenoxy) is 1. The van der Waals surface area contributed by atoms with Gasteiger partial charge in [-0.05, 0) is 55.9 Å². The lowest BCUT2D eigenvalue weighted by atomic mass is 10.1. The Hall–Kier alpha value is -1.54. The van der Waals surface area contributed by atoms with Gasteiger partial charge in [-0.25, -0.2) is 4.98 Å². The van der Waals surface area contributed by atoms with E-state index < -0.39 is 0 Å². The monoisotopic (exact) mass is 514 g/mol. The summed E-state index contributed by atoms with van der Waals surface area (Å²) >= 11 is 5.83. The molecule has 1 aliphatic rings. The summed E-state index contributed by atoms with van der Waals surface area (Å²) in [5.41, 5.74) is 3.40. The van der Waals surface area contributed by atoms with Gasteiger partial charge in [-0.3, -0.25) is 4.99 Å². The average Bonchev–Trinajstić information content (AvgIpc) is 3.18. The van der Waals surface area contributed by atoms with Gasteiger partial charge in [-0.1, -0.05) is 29.8 Å². The summed E-state index contributed by atoms with van der Waals surface area (Å²) in [6.45, 7) is 3.38. The number of guanidine groups is 1. The first-order valence-corrected chi connectivity index (χ1v) is 9.83. The third kappa shape index (κ3) is 6.81. The maximum atomic E-state index is 6.27. The highest BCUT2D eigenvalue weighted by Gasteiger charge is 2.18. The smallest absolute Gasteiger partial charge is 0.191 e. The largest absolute Gasteiger partial charge is 0.490 e. The van der Waals surface area contributed by atoms with Crippen LogP contribution in [-0.2, 0) is 13.1 Å². The number of aromatic nitrogens is 1. The molecule has 1 saturated carbocycles. The first-order valence-electron chi connectivity index (χ1n) is 9.45. The second-order valence-corrected chi connectivity index (χ2v) is 7.29. The standard InChI is InChI=1S/C21H27ClN4O.HI/c1-15-7-9-17(19(11-15)27-18-5-3-4-6-18)14-26-21(23-2)25-13-16-8-10-20(22)24-12-16;/h7-12,18H,3-6,13-14H2,1-2H3,(H2,23,25,26);1H. The summed E-state index contributed by atoms with van der Waals surface area (Å²) in [5, 5.41) is 7.15. The molecule has 152 valence electrons. The van der Waals surface area contributed by atoms with E-state index in [1.54, 1.807) is 19.3 Å². The molecule has 0 saturated heterocycles. The van der Waals surface area contributed by atoms with E-state index in [-0.39, 0.29) is 24.0 Å². The fraction of sp³-hybridized carbons (Fsp3) is 0.429. The molecule has 1 aliphatic carbocycles. The van der Waals surface area contributed by atoms with Gasteiger partial charge >= 0.3 is 0 Å². The van der Waals surface area contributed by atoms with Crippen LogP contribution in [0, 0.1) is 6.92 Å². The molecule has 2 N–H and O–H groups in total. The number of aryl methyl sites for hydroxylation is 1. The van der Waals surface area contributed by atoms with Crippen LogP contribution >= 0.6 is 35.6 Å². The van der Waals surface area contributed by atoms with Crippen LogP contribution in [0.4, 0.5) is 0 Å². The van der Waals surface area contributed by atoms with Crippen molar-refractivity contribution in [2.75, 3.05) is 7.05 Å². The minimum Gasteiger partial charge on any atom is -0.490 e. The van der Waals surface area contributed by atoms with E-state index in [1.165, 1.54) is 18.4 Å². The maximum absolute atomic E-state index is 6.27.